The summed E-state index contributed by atoms with van der Waals surface area (Å²) in [5.74, 6) is 0.623. The molecule has 1 aliphatic heterocycles. The van der Waals surface area contributed by atoms with Crippen molar-refractivity contribution in [1.29, 1.82) is 0 Å². The zero-order valence-electron chi connectivity index (χ0n) is 20.2. The number of unbranched alkanes of at least 4 members (excludes halogenated alkanes) is 6. The predicted molar refractivity (Wildman–Crippen MR) is 140 cm³/mol. The Balaban J connectivity index is 0.000000275. The molecular formula is C28H42BrN3. The fourth-order valence-corrected chi connectivity index (χ4v) is 5.64. The van der Waals surface area contributed by atoms with E-state index in [1.807, 2.05) is 12.4 Å². The van der Waals surface area contributed by atoms with E-state index in [9.17, 15) is 0 Å². The second kappa shape index (κ2) is 13.5. The molecule has 1 aliphatic carbocycles. The lowest BCUT2D eigenvalue weighted by molar-refractivity contribution is 0.0856. The highest BCUT2D eigenvalue weighted by Gasteiger charge is 2.46. The van der Waals surface area contributed by atoms with Crippen LogP contribution in [0.2, 0.25) is 0 Å². The number of hydrazine groups is 1. The molecule has 2 heterocycles. The predicted octanol–water partition coefficient (Wildman–Crippen LogP) is 8.02. The van der Waals surface area contributed by atoms with E-state index in [1.165, 1.54) is 81.8 Å². The summed E-state index contributed by atoms with van der Waals surface area (Å²) in [4.78, 5) is 4.35. The number of halogens is 1. The van der Waals surface area contributed by atoms with Gasteiger partial charge in [-0.3, -0.25) is 10.4 Å². The maximum absolute atomic E-state index is 4.35. The van der Waals surface area contributed by atoms with Gasteiger partial charge in [0.1, 0.15) is 0 Å². The smallest absolute Gasteiger partial charge is 0.0410 e. The molecule has 0 bridgehead atoms. The third-order valence-electron chi connectivity index (χ3n) is 7.14. The van der Waals surface area contributed by atoms with Crippen LogP contribution < -0.4 is 5.43 Å². The van der Waals surface area contributed by atoms with Crippen molar-refractivity contribution in [3.8, 4) is 0 Å². The van der Waals surface area contributed by atoms with Gasteiger partial charge in [0, 0.05) is 35.5 Å². The van der Waals surface area contributed by atoms with Crippen LogP contribution in [0, 0.1) is 0 Å². The number of hydrogen-bond donors (Lipinski definition) is 1. The second-order valence-electron chi connectivity index (χ2n) is 9.60. The van der Waals surface area contributed by atoms with Crippen LogP contribution in [0.15, 0.2) is 53.3 Å². The minimum Gasteiger partial charge on any atom is -0.263 e. The normalized spacial score (nSPS) is 22.8. The lowest BCUT2D eigenvalue weighted by Crippen LogP contribution is -2.45. The van der Waals surface area contributed by atoms with Crippen molar-refractivity contribution < 1.29 is 0 Å². The highest BCUT2D eigenvalue weighted by atomic mass is 79.9. The van der Waals surface area contributed by atoms with Crippen molar-refractivity contribution in [2.45, 2.75) is 102 Å². The number of benzene rings is 1. The number of aromatic nitrogens is 1. The van der Waals surface area contributed by atoms with Gasteiger partial charge in [-0.1, -0.05) is 89.1 Å². The van der Waals surface area contributed by atoms with Crippen LogP contribution in [0.1, 0.15) is 102 Å². The van der Waals surface area contributed by atoms with Gasteiger partial charge in [0.15, 0.2) is 0 Å². The summed E-state index contributed by atoms with van der Waals surface area (Å²) in [6.07, 6.45) is 18.9. The van der Waals surface area contributed by atoms with Gasteiger partial charge < -0.3 is 0 Å². The Bertz CT molecular complexity index is 775. The van der Waals surface area contributed by atoms with Crippen molar-refractivity contribution in [3.05, 3.63) is 64.4 Å². The summed E-state index contributed by atoms with van der Waals surface area (Å²) in [5.41, 5.74) is 6.70. The SMILES string of the molecule is Brc1cncc(C2CCC3(CCNN3Cc3ccccc3)C2)c1.CCCCCCCCC. The van der Waals surface area contributed by atoms with Crippen LogP contribution in [-0.4, -0.2) is 22.1 Å². The molecule has 32 heavy (non-hydrogen) atoms. The molecule has 1 aromatic heterocycles. The lowest BCUT2D eigenvalue weighted by atomic mass is 9.90. The summed E-state index contributed by atoms with van der Waals surface area (Å²) in [7, 11) is 0. The summed E-state index contributed by atoms with van der Waals surface area (Å²) in [5, 5.41) is 2.51. The Morgan fingerprint density at radius 2 is 1.72 bits per heavy atom. The number of nitrogens with one attached hydrogen (secondary N) is 1. The summed E-state index contributed by atoms with van der Waals surface area (Å²) < 4.78 is 1.08. The Labute approximate surface area is 204 Å². The highest BCUT2D eigenvalue weighted by Crippen LogP contribution is 2.47. The third kappa shape index (κ3) is 7.40. The molecule has 1 saturated carbocycles. The van der Waals surface area contributed by atoms with Gasteiger partial charge in [0.2, 0.25) is 0 Å². The van der Waals surface area contributed by atoms with Gasteiger partial charge in [-0.2, -0.15) is 0 Å². The number of hydrogen-bond acceptors (Lipinski definition) is 3. The van der Waals surface area contributed by atoms with Crippen molar-refractivity contribution in [1.82, 2.24) is 15.4 Å². The van der Waals surface area contributed by atoms with E-state index in [2.05, 4.69) is 81.6 Å². The Kier molecular flexibility index (Phi) is 10.7. The molecule has 2 aromatic rings. The van der Waals surface area contributed by atoms with E-state index >= 15 is 0 Å². The first-order valence-corrected chi connectivity index (χ1v) is 13.6. The minimum absolute atomic E-state index is 0.308. The average molecular weight is 501 g/mol. The van der Waals surface area contributed by atoms with Gasteiger partial charge in [-0.25, -0.2) is 5.01 Å². The number of pyridine rings is 1. The van der Waals surface area contributed by atoms with E-state index in [1.54, 1.807) is 0 Å². The highest BCUT2D eigenvalue weighted by molar-refractivity contribution is 9.10. The fraction of sp³-hybridized carbons (Fsp3) is 0.607. The molecule has 4 heteroatoms. The van der Waals surface area contributed by atoms with E-state index in [0.717, 1.165) is 17.6 Å². The van der Waals surface area contributed by atoms with Crippen LogP contribution in [0.25, 0.3) is 0 Å². The molecule has 2 aliphatic rings. The van der Waals surface area contributed by atoms with Crippen LogP contribution >= 0.6 is 15.9 Å². The second-order valence-corrected chi connectivity index (χ2v) is 10.5. The van der Waals surface area contributed by atoms with Crippen LogP contribution in [0.5, 0.6) is 0 Å². The fourth-order valence-electron chi connectivity index (χ4n) is 5.26. The minimum atomic E-state index is 0.308. The zero-order chi connectivity index (χ0) is 22.7. The standard InChI is InChI=1S/C19H22BrN3.C9H20/c20-18-10-17(12-21-13-18)16-6-7-19(11-16)8-9-22-23(19)14-15-4-2-1-3-5-15;1-3-5-7-9-8-6-4-2/h1-5,10,12-13,16,22H,6-9,11,14H2;3-9H2,1-2H3. The molecule has 176 valence electrons. The topological polar surface area (TPSA) is 28.2 Å². The Morgan fingerprint density at radius 3 is 2.41 bits per heavy atom. The summed E-state index contributed by atoms with van der Waals surface area (Å²) >= 11 is 3.56. The van der Waals surface area contributed by atoms with E-state index in [4.69, 9.17) is 0 Å². The molecule has 3 nitrogen and oxygen atoms in total. The first-order chi connectivity index (χ1) is 15.7. The van der Waals surface area contributed by atoms with Gasteiger partial charge in [-0.15, -0.1) is 0 Å². The molecule has 1 N–H and O–H groups in total. The molecule has 2 unspecified atom stereocenters. The Hall–Kier alpha value is -1.23. The first kappa shape index (κ1) is 25.4. The van der Waals surface area contributed by atoms with Gasteiger partial charge >= 0.3 is 0 Å². The third-order valence-corrected chi connectivity index (χ3v) is 7.57. The monoisotopic (exact) mass is 499 g/mol. The van der Waals surface area contributed by atoms with Crippen LogP contribution in [-0.2, 0) is 6.54 Å². The van der Waals surface area contributed by atoms with Crippen molar-refractivity contribution in [2.24, 2.45) is 0 Å². The van der Waals surface area contributed by atoms with Crippen LogP contribution in [0.3, 0.4) is 0 Å². The van der Waals surface area contributed by atoms with Crippen LogP contribution in [0.4, 0.5) is 0 Å². The van der Waals surface area contributed by atoms with Crippen molar-refractivity contribution in [3.63, 3.8) is 0 Å². The first-order valence-electron chi connectivity index (χ1n) is 12.8. The zero-order valence-corrected chi connectivity index (χ0v) is 21.7. The molecule has 2 fully saturated rings. The molecule has 1 saturated heterocycles. The van der Waals surface area contributed by atoms with E-state index in [-0.39, 0.29) is 0 Å². The lowest BCUT2D eigenvalue weighted by Gasteiger charge is -2.34. The summed E-state index contributed by atoms with van der Waals surface area (Å²) in [6.45, 7) is 6.61. The average Bonchev–Trinajstić information content (AvgIpc) is 3.42. The largest absolute Gasteiger partial charge is 0.263 e. The molecule has 1 spiro atoms. The summed E-state index contributed by atoms with van der Waals surface area (Å²) in [6, 6.07) is 13.0. The molecule has 2 atom stereocenters. The molecular weight excluding hydrogens is 458 g/mol. The maximum Gasteiger partial charge on any atom is 0.0410 e. The molecule has 1 aromatic carbocycles. The molecule has 0 radical (unpaired) electrons. The van der Waals surface area contributed by atoms with Crippen molar-refractivity contribution >= 4 is 15.9 Å². The number of nitrogens with zero attached hydrogens (tertiary/aromatic N) is 2. The maximum atomic E-state index is 4.35. The van der Waals surface area contributed by atoms with Gasteiger partial charge in [0.25, 0.3) is 0 Å². The Morgan fingerprint density at radius 1 is 1.00 bits per heavy atom. The van der Waals surface area contributed by atoms with Crippen molar-refractivity contribution in [2.75, 3.05) is 6.54 Å². The van der Waals surface area contributed by atoms with E-state index in [0.29, 0.717) is 11.5 Å². The quantitative estimate of drug-likeness (QED) is 0.354. The molecule has 0 amide bonds. The van der Waals surface area contributed by atoms with E-state index < -0.39 is 0 Å². The molecule has 4 rings (SSSR count). The number of rotatable bonds is 9. The van der Waals surface area contributed by atoms with Gasteiger partial charge in [-0.05, 0) is 64.7 Å². The van der Waals surface area contributed by atoms with Gasteiger partial charge in [0.05, 0.1) is 0 Å².